The average Bonchev–Trinajstić information content (AvgIpc) is 3.47. The second-order valence-corrected chi connectivity index (χ2v) is 23.4. The fraction of sp³-hybridized carbons (Fsp3) is 0.773. The van der Waals surface area contributed by atoms with Crippen molar-refractivity contribution in [2.75, 3.05) is 13.2 Å². The van der Waals surface area contributed by atoms with Crippen molar-refractivity contribution in [3.63, 3.8) is 0 Å². The van der Waals surface area contributed by atoms with Gasteiger partial charge >= 0.3 is 17.9 Å². The molecule has 0 aromatic heterocycles. The molecule has 6 heteroatoms. The topological polar surface area (TPSA) is 78.9 Å². The summed E-state index contributed by atoms with van der Waals surface area (Å²) in [6.07, 6.45) is 91.9. The minimum Gasteiger partial charge on any atom is -0.462 e. The maximum Gasteiger partial charge on any atom is 0.306 e. The summed E-state index contributed by atoms with van der Waals surface area (Å²) in [4.78, 5) is 38.4. The molecule has 0 N–H and O–H groups in total. The monoisotopic (exact) mass is 1130 g/mol. The van der Waals surface area contributed by atoms with E-state index < -0.39 is 6.10 Å². The van der Waals surface area contributed by atoms with Crippen LogP contribution in [0.2, 0.25) is 0 Å². The summed E-state index contributed by atoms with van der Waals surface area (Å²) >= 11 is 0. The molecule has 0 saturated carbocycles. The number of carbonyl (C=O) groups excluding carboxylic acids is 3. The van der Waals surface area contributed by atoms with Gasteiger partial charge in [-0.15, -0.1) is 0 Å². The van der Waals surface area contributed by atoms with Crippen molar-refractivity contribution < 1.29 is 28.6 Å². The summed E-state index contributed by atoms with van der Waals surface area (Å²) in [5, 5.41) is 0. The highest BCUT2D eigenvalue weighted by Gasteiger charge is 2.19. The standard InChI is InChI=1S/C75H132O6/c1-4-7-10-13-16-19-22-25-28-30-32-34-36-37-39-40-42-44-47-50-53-56-59-62-65-68-74(77)80-71-72(70-79-73(76)67-64-61-58-55-52-49-46-27-24-21-18-15-12-9-6-3)81-75(78)69-66-63-60-57-54-51-48-45-43-41-38-35-33-31-29-26-23-20-17-14-11-8-5-2/h9,12,18,21,23,26-27,30-33,46,52,55,72H,4-8,10-11,13-17,19-20,22,24-25,28-29,34-45,47-51,53-54,56-71H2,1-3H3/b12-9-,21-18-,26-23-,32-30-,33-31-,46-27-,55-52-. The third-order valence-electron chi connectivity index (χ3n) is 15.4. The smallest absolute Gasteiger partial charge is 0.306 e. The van der Waals surface area contributed by atoms with Gasteiger partial charge in [-0.2, -0.15) is 0 Å². The molecule has 0 aromatic carbocycles. The van der Waals surface area contributed by atoms with Gasteiger partial charge in [-0.05, 0) is 116 Å². The molecule has 1 unspecified atom stereocenters. The van der Waals surface area contributed by atoms with Crippen LogP contribution >= 0.6 is 0 Å². The minimum absolute atomic E-state index is 0.0886. The molecule has 0 saturated heterocycles. The van der Waals surface area contributed by atoms with Crippen LogP contribution < -0.4 is 0 Å². The van der Waals surface area contributed by atoms with Gasteiger partial charge in [0.25, 0.3) is 0 Å². The third kappa shape index (κ3) is 67.3. The van der Waals surface area contributed by atoms with Gasteiger partial charge in [-0.1, -0.05) is 305 Å². The second-order valence-electron chi connectivity index (χ2n) is 23.4. The van der Waals surface area contributed by atoms with E-state index in [2.05, 4.69) is 106 Å². The number of carbonyl (C=O) groups is 3. The highest BCUT2D eigenvalue weighted by molar-refractivity contribution is 5.71. The Morgan fingerprint density at radius 2 is 0.481 bits per heavy atom. The molecular formula is C75H132O6. The van der Waals surface area contributed by atoms with E-state index in [0.717, 1.165) is 89.9 Å². The number of unbranched alkanes of at least 4 members (excludes halogenated alkanes) is 39. The Morgan fingerprint density at radius 3 is 0.790 bits per heavy atom. The highest BCUT2D eigenvalue weighted by atomic mass is 16.6. The van der Waals surface area contributed by atoms with Crippen LogP contribution in [0.4, 0.5) is 0 Å². The van der Waals surface area contributed by atoms with Crippen LogP contribution in [0.25, 0.3) is 0 Å². The quantitative estimate of drug-likeness (QED) is 0.0261. The van der Waals surface area contributed by atoms with Crippen LogP contribution in [0.5, 0.6) is 0 Å². The van der Waals surface area contributed by atoms with Crippen molar-refractivity contribution in [1.29, 1.82) is 0 Å². The first-order chi connectivity index (χ1) is 40.0. The maximum atomic E-state index is 13.0. The molecule has 0 bridgehead atoms. The molecule has 6 nitrogen and oxygen atoms in total. The zero-order valence-electron chi connectivity index (χ0n) is 53.8. The maximum absolute atomic E-state index is 13.0. The van der Waals surface area contributed by atoms with Gasteiger partial charge in [0.05, 0.1) is 0 Å². The molecule has 81 heavy (non-hydrogen) atoms. The molecular weight excluding hydrogens is 997 g/mol. The van der Waals surface area contributed by atoms with Crippen LogP contribution in [0.3, 0.4) is 0 Å². The van der Waals surface area contributed by atoms with Gasteiger partial charge < -0.3 is 14.2 Å². The molecule has 468 valence electrons. The number of rotatable bonds is 64. The SMILES string of the molecule is CC/C=C\C/C=C\C/C=C\C/C=C\CCCCC(=O)OCC(COC(=O)CCCCCCCCCCCCCCC/C=C\CCCCCCCCCC)OC(=O)CCCCCCCCCCCCC/C=C\C/C=C\CCCCCCC. The fourth-order valence-electron chi connectivity index (χ4n) is 10.1. The Morgan fingerprint density at radius 1 is 0.259 bits per heavy atom. The minimum atomic E-state index is -0.797. The summed E-state index contributed by atoms with van der Waals surface area (Å²) in [5.41, 5.74) is 0. The van der Waals surface area contributed by atoms with Crippen LogP contribution in [-0.2, 0) is 28.6 Å². The molecule has 1 atom stereocenters. The van der Waals surface area contributed by atoms with E-state index >= 15 is 0 Å². The lowest BCUT2D eigenvalue weighted by atomic mass is 10.0. The van der Waals surface area contributed by atoms with Crippen molar-refractivity contribution >= 4 is 17.9 Å². The number of ether oxygens (including phenoxy) is 3. The number of esters is 3. The summed E-state index contributed by atoms with van der Waals surface area (Å²) in [7, 11) is 0. The first kappa shape index (κ1) is 77.6. The van der Waals surface area contributed by atoms with Crippen molar-refractivity contribution in [3.8, 4) is 0 Å². The molecule has 0 radical (unpaired) electrons. The normalized spacial score (nSPS) is 12.6. The van der Waals surface area contributed by atoms with E-state index in [4.69, 9.17) is 14.2 Å². The summed E-state index contributed by atoms with van der Waals surface area (Å²) in [6, 6.07) is 0. The predicted octanol–water partition coefficient (Wildman–Crippen LogP) is 24.2. The number of hydrogen-bond donors (Lipinski definition) is 0. The van der Waals surface area contributed by atoms with E-state index in [9.17, 15) is 14.4 Å². The van der Waals surface area contributed by atoms with Crippen LogP contribution in [-0.4, -0.2) is 37.2 Å². The lowest BCUT2D eigenvalue weighted by Gasteiger charge is -2.18. The lowest BCUT2D eigenvalue weighted by Crippen LogP contribution is -2.30. The van der Waals surface area contributed by atoms with Crippen molar-refractivity contribution in [2.24, 2.45) is 0 Å². The summed E-state index contributed by atoms with van der Waals surface area (Å²) < 4.78 is 16.9. The number of allylic oxidation sites excluding steroid dienone is 14. The molecule has 0 amide bonds. The Kier molecular flexibility index (Phi) is 66.2. The van der Waals surface area contributed by atoms with E-state index in [1.165, 1.54) is 225 Å². The van der Waals surface area contributed by atoms with Crippen LogP contribution in [0, 0.1) is 0 Å². The Bertz CT molecular complexity index is 1530. The summed E-state index contributed by atoms with van der Waals surface area (Å²) in [5.74, 6) is -0.917. The molecule has 0 aliphatic heterocycles. The van der Waals surface area contributed by atoms with Gasteiger partial charge in [0.15, 0.2) is 6.10 Å². The second kappa shape index (κ2) is 69.1. The molecule has 0 fully saturated rings. The zero-order chi connectivity index (χ0) is 58.5. The lowest BCUT2D eigenvalue weighted by molar-refractivity contribution is -0.167. The van der Waals surface area contributed by atoms with Gasteiger partial charge in [-0.3, -0.25) is 14.4 Å². The van der Waals surface area contributed by atoms with Crippen molar-refractivity contribution in [3.05, 3.63) is 85.1 Å². The number of hydrogen-bond acceptors (Lipinski definition) is 6. The summed E-state index contributed by atoms with van der Waals surface area (Å²) in [6.45, 7) is 6.53. The first-order valence-corrected chi connectivity index (χ1v) is 35.1. The van der Waals surface area contributed by atoms with E-state index in [1.807, 2.05) is 0 Å². The Labute approximate surface area is 503 Å². The molecule has 0 aliphatic rings. The van der Waals surface area contributed by atoms with Gasteiger partial charge in [0.1, 0.15) is 13.2 Å². The highest BCUT2D eigenvalue weighted by Crippen LogP contribution is 2.17. The van der Waals surface area contributed by atoms with Crippen molar-refractivity contribution in [2.45, 2.75) is 361 Å². The van der Waals surface area contributed by atoms with E-state index in [0.29, 0.717) is 19.3 Å². The predicted molar refractivity (Wildman–Crippen MR) is 353 cm³/mol. The largest absolute Gasteiger partial charge is 0.462 e. The molecule has 0 heterocycles. The average molecular weight is 1130 g/mol. The van der Waals surface area contributed by atoms with Crippen LogP contribution in [0.15, 0.2) is 85.1 Å². The van der Waals surface area contributed by atoms with E-state index in [-0.39, 0.29) is 31.1 Å². The third-order valence-corrected chi connectivity index (χ3v) is 15.4. The molecule has 0 spiro atoms. The van der Waals surface area contributed by atoms with Crippen molar-refractivity contribution in [1.82, 2.24) is 0 Å². The van der Waals surface area contributed by atoms with E-state index in [1.54, 1.807) is 0 Å². The van der Waals surface area contributed by atoms with Gasteiger partial charge in [0.2, 0.25) is 0 Å². The molecule has 0 aromatic rings. The zero-order valence-corrected chi connectivity index (χ0v) is 53.8. The molecule has 0 aliphatic carbocycles. The Balaban J connectivity index is 4.33. The van der Waals surface area contributed by atoms with Gasteiger partial charge in [-0.25, -0.2) is 0 Å². The van der Waals surface area contributed by atoms with Gasteiger partial charge in [0, 0.05) is 19.3 Å². The van der Waals surface area contributed by atoms with Crippen LogP contribution in [0.1, 0.15) is 355 Å². The Hall–Kier alpha value is -3.41. The molecule has 0 rings (SSSR count). The fourth-order valence-corrected chi connectivity index (χ4v) is 10.1. The first-order valence-electron chi connectivity index (χ1n) is 35.1.